The third-order valence-corrected chi connectivity index (χ3v) is 5.88. The second kappa shape index (κ2) is 6.82. The summed E-state index contributed by atoms with van der Waals surface area (Å²) in [7, 11) is 0. The van der Waals surface area contributed by atoms with Gasteiger partial charge in [-0.05, 0) is 64.5 Å². The Hall–Kier alpha value is -1.43. The molecule has 1 atom stereocenters. The molecule has 1 aliphatic carbocycles. The van der Waals surface area contributed by atoms with E-state index in [0.717, 1.165) is 57.2 Å². The number of piperidine rings is 1. The molecular weight excluding hydrogens is 304 g/mol. The SMILES string of the molecule is CC(c1nc(C2CC2)no1)N1CCC(CC(=O)N2CCCC2)CC1. The van der Waals surface area contributed by atoms with Crippen LogP contribution in [0.5, 0.6) is 0 Å². The monoisotopic (exact) mass is 332 g/mol. The van der Waals surface area contributed by atoms with Crippen LogP contribution in [0.15, 0.2) is 4.52 Å². The fourth-order valence-corrected chi connectivity index (χ4v) is 3.97. The minimum atomic E-state index is 0.181. The zero-order valence-electron chi connectivity index (χ0n) is 14.6. The van der Waals surface area contributed by atoms with Gasteiger partial charge >= 0.3 is 0 Å². The summed E-state index contributed by atoms with van der Waals surface area (Å²) < 4.78 is 5.48. The molecule has 1 aromatic rings. The van der Waals surface area contributed by atoms with Crippen LogP contribution in [-0.4, -0.2) is 52.0 Å². The molecule has 132 valence electrons. The number of carbonyl (C=O) groups excluding carboxylic acids is 1. The average molecular weight is 332 g/mol. The summed E-state index contributed by atoms with van der Waals surface area (Å²) in [6.07, 6.45) is 7.66. The molecule has 0 N–H and O–H groups in total. The lowest BCUT2D eigenvalue weighted by atomic mass is 9.92. The first-order valence-corrected chi connectivity index (χ1v) is 9.56. The third kappa shape index (κ3) is 3.48. The number of likely N-dealkylation sites (tertiary alicyclic amines) is 2. The second-order valence-electron chi connectivity index (χ2n) is 7.71. The minimum Gasteiger partial charge on any atom is -0.343 e. The molecule has 4 rings (SSSR count). The van der Waals surface area contributed by atoms with Gasteiger partial charge in [0.2, 0.25) is 11.8 Å². The molecule has 1 unspecified atom stereocenters. The predicted molar refractivity (Wildman–Crippen MR) is 89.4 cm³/mol. The number of rotatable bonds is 5. The van der Waals surface area contributed by atoms with Crippen LogP contribution in [-0.2, 0) is 4.79 Å². The van der Waals surface area contributed by atoms with E-state index in [9.17, 15) is 4.79 Å². The standard InChI is InChI=1S/C18H28N4O2/c1-13(18-19-17(20-24-18)15-4-5-15)21-10-6-14(7-11-21)12-16(23)22-8-2-3-9-22/h13-15H,2-12H2,1H3. The van der Waals surface area contributed by atoms with Gasteiger partial charge in [-0.15, -0.1) is 0 Å². The van der Waals surface area contributed by atoms with E-state index in [-0.39, 0.29) is 6.04 Å². The molecule has 3 fully saturated rings. The number of aromatic nitrogens is 2. The first kappa shape index (κ1) is 16.1. The summed E-state index contributed by atoms with van der Waals surface area (Å²) in [5, 5.41) is 4.13. The molecule has 6 heteroatoms. The van der Waals surface area contributed by atoms with E-state index in [1.165, 1.54) is 25.7 Å². The van der Waals surface area contributed by atoms with Gasteiger partial charge in [-0.25, -0.2) is 0 Å². The van der Waals surface area contributed by atoms with Gasteiger partial charge in [0.15, 0.2) is 5.82 Å². The van der Waals surface area contributed by atoms with Crippen molar-refractivity contribution in [1.82, 2.24) is 19.9 Å². The summed E-state index contributed by atoms with van der Waals surface area (Å²) in [6.45, 7) is 6.12. The average Bonchev–Trinajstić information content (AvgIpc) is 3.12. The summed E-state index contributed by atoms with van der Waals surface area (Å²) in [5.41, 5.74) is 0. The molecule has 1 amide bonds. The molecule has 24 heavy (non-hydrogen) atoms. The number of amides is 1. The quantitative estimate of drug-likeness (QED) is 0.829. The van der Waals surface area contributed by atoms with E-state index in [4.69, 9.17) is 4.52 Å². The molecule has 3 aliphatic rings. The van der Waals surface area contributed by atoms with Crippen molar-refractivity contribution < 1.29 is 9.32 Å². The predicted octanol–water partition coefficient (Wildman–Crippen LogP) is 2.73. The summed E-state index contributed by atoms with van der Waals surface area (Å²) in [6, 6.07) is 0.181. The smallest absolute Gasteiger partial charge is 0.243 e. The van der Waals surface area contributed by atoms with Gasteiger partial charge in [-0.2, -0.15) is 4.98 Å². The highest BCUT2D eigenvalue weighted by atomic mass is 16.5. The van der Waals surface area contributed by atoms with Crippen molar-refractivity contribution in [2.75, 3.05) is 26.2 Å². The van der Waals surface area contributed by atoms with E-state index in [1.807, 2.05) is 4.90 Å². The van der Waals surface area contributed by atoms with Crippen LogP contribution in [0.2, 0.25) is 0 Å². The van der Waals surface area contributed by atoms with Crippen molar-refractivity contribution in [3.05, 3.63) is 11.7 Å². The highest BCUT2D eigenvalue weighted by Crippen LogP contribution is 2.39. The number of carbonyl (C=O) groups is 1. The Kier molecular flexibility index (Phi) is 4.57. The van der Waals surface area contributed by atoms with E-state index in [0.29, 0.717) is 17.7 Å². The molecule has 6 nitrogen and oxygen atoms in total. The van der Waals surface area contributed by atoms with Crippen LogP contribution < -0.4 is 0 Å². The molecule has 2 aliphatic heterocycles. The van der Waals surface area contributed by atoms with Crippen molar-refractivity contribution in [2.24, 2.45) is 5.92 Å². The van der Waals surface area contributed by atoms with E-state index >= 15 is 0 Å². The van der Waals surface area contributed by atoms with Crippen molar-refractivity contribution >= 4 is 5.91 Å². The minimum absolute atomic E-state index is 0.181. The van der Waals surface area contributed by atoms with Crippen LogP contribution >= 0.6 is 0 Å². The second-order valence-corrected chi connectivity index (χ2v) is 7.71. The van der Waals surface area contributed by atoms with Crippen molar-refractivity contribution in [1.29, 1.82) is 0 Å². The highest BCUT2D eigenvalue weighted by Gasteiger charge is 2.32. The largest absolute Gasteiger partial charge is 0.343 e. The molecule has 0 bridgehead atoms. The number of hydrogen-bond acceptors (Lipinski definition) is 5. The van der Waals surface area contributed by atoms with Crippen molar-refractivity contribution in [3.63, 3.8) is 0 Å². The summed E-state index contributed by atoms with van der Waals surface area (Å²) in [5.74, 6) is 3.08. The molecule has 2 saturated heterocycles. The topological polar surface area (TPSA) is 62.5 Å². The fraction of sp³-hybridized carbons (Fsp3) is 0.833. The van der Waals surface area contributed by atoms with Gasteiger partial charge in [-0.1, -0.05) is 5.16 Å². The number of nitrogens with zero attached hydrogens (tertiary/aromatic N) is 4. The summed E-state index contributed by atoms with van der Waals surface area (Å²) >= 11 is 0. The number of hydrogen-bond donors (Lipinski definition) is 0. The fourth-order valence-electron chi connectivity index (χ4n) is 3.97. The van der Waals surface area contributed by atoms with Crippen molar-refractivity contribution in [2.45, 2.75) is 63.8 Å². The van der Waals surface area contributed by atoms with Crippen LogP contribution in [0.1, 0.15) is 75.5 Å². The Balaban J connectivity index is 1.26. The molecule has 3 heterocycles. The van der Waals surface area contributed by atoms with Crippen LogP contribution in [0, 0.1) is 5.92 Å². The normalized spacial score (nSPS) is 24.5. The lowest BCUT2D eigenvalue weighted by molar-refractivity contribution is -0.131. The Morgan fingerprint density at radius 1 is 1.17 bits per heavy atom. The maximum absolute atomic E-state index is 12.3. The van der Waals surface area contributed by atoms with Crippen LogP contribution in [0.3, 0.4) is 0 Å². The Morgan fingerprint density at radius 3 is 2.54 bits per heavy atom. The van der Waals surface area contributed by atoms with Crippen LogP contribution in [0.25, 0.3) is 0 Å². The lowest BCUT2D eigenvalue weighted by Crippen LogP contribution is -2.38. The lowest BCUT2D eigenvalue weighted by Gasteiger charge is -2.34. The van der Waals surface area contributed by atoms with E-state index in [2.05, 4.69) is 22.0 Å². The molecule has 0 radical (unpaired) electrons. The first-order chi connectivity index (χ1) is 11.7. The Morgan fingerprint density at radius 2 is 1.88 bits per heavy atom. The van der Waals surface area contributed by atoms with Crippen LogP contribution in [0.4, 0.5) is 0 Å². The van der Waals surface area contributed by atoms with E-state index < -0.39 is 0 Å². The summed E-state index contributed by atoms with van der Waals surface area (Å²) in [4.78, 5) is 21.4. The van der Waals surface area contributed by atoms with Gasteiger partial charge in [-0.3, -0.25) is 9.69 Å². The van der Waals surface area contributed by atoms with Gasteiger partial charge in [0.05, 0.1) is 6.04 Å². The van der Waals surface area contributed by atoms with Crippen molar-refractivity contribution in [3.8, 4) is 0 Å². The van der Waals surface area contributed by atoms with E-state index in [1.54, 1.807) is 0 Å². The van der Waals surface area contributed by atoms with Gasteiger partial charge in [0.1, 0.15) is 0 Å². The highest BCUT2D eigenvalue weighted by molar-refractivity contribution is 5.76. The Bertz CT molecular complexity index is 569. The first-order valence-electron chi connectivity index (χ1n) is 9.56. The van der Waals surface area contributed by atoms with Gasteiger partial charge < -0.3 is 9.42 Å². The zero-order chi connectivity index (χ0) is 16.5. The third-order valence-electron chi connectivity index (χ3n) is 5.88. The molecule has 0 spiro atoms. The molecule has 0 aromatic carbocycles. The van der Waals surface area contributed by atoms with Gasteiger partial charge in [0.25, 0.3) is 0 Å². The maximum atomic E-state index is 12.3. The molecular formula is C18H28N4O2. The Labute approximate surface area is 143 Å². The maximum Gasteiger partial charge on any atom is 0.243 e. The molecule has 1 saturated carbocycles. The zero-order valence-corrected chi connectivity index (χ0v) is 14.6. The molecule has 1 aromatic heterocycles. The van der Waals surface area contributed by atoms with Gasteiger partial charge in [0, 0.05) is 25.4 Å².